The van der Waals surface area contributed by atoms with Crippen molar-refractivity contribution in [3.05, 3.63) is 29.8 Å². The maximum Gasteiger partial charge on any atom is 0.240 e. The molecule has 0 amide bonds. The number of hydrogen-bond donors (Lipinski definition) is 2. The van der Waals surface area contributed by atoms with Gasteiger partial charge in [0.1, 0.15) is 0 Å². The summed E-state index contributed by atoms with van der Waals surface area (Å²) in [5.41, 5.74) is 6.30. The fraction of sp³-hybridized carbons (Fsp3) is 0.538. The Morgan fingerprint density at radius 1 is 1.33 bits per heavy atom. The van der Waals surface area contributed by atoms with Crippen LogP contribution in [0.25, 0.3) is 0 Å². The van der Waals surface area contributed by atoms with Gasteiger partial charge in [0, 0.05) is 6.54 Å². The molecule has 0 aromatic heterocycles. The molecule has 0 fully saturated rings. The van der Waals surface area contributed by atoms with Crippen LogP contribution in [0.1, 0.15) is 25.8 Å². The van der Waals surface area contributed by atoms with Crippen molar-refractivity contribution in [1.82, 2.24) is 4.72 Å². The molecule has 0 saturated heterocycles. The third-order valence-electron chi connectivity index (χ3n) is 2.86. The van der Waals surface area contributed by atoms with Crippen molar-refractivity contribution in [3.63, 3.8) is 0 Å². The number of sulfonamides is 1. The molecule has 0 saturated carbocycles. The second-order valence-corrected chi connectivity index (χ2v) is 7.11. The molecule has 0 spiro atoms. The zero-order valence-corrected chi connectivity index (χ0v) is 12.0. The molecule has 0 unspecified atom stereocenters. The molecule has 0 bridgehead atoms. The molecule has 5 heteroatoms. The summed E-state index contributed by atoms with van der Waals surface area (Å²) in [7, 11) is -3.43. The topological polar surface area (TPSA) is 72.2 Å². The minimum Gasteiger partial charge on any atom is -0.330 e. The van der Waals surface area contributed by atoms with Crippen LogP contribution in [0.3, 0.4) is 0 Å². The Morgan fingerprint density at radius 3 is 2.56 bits per heavy atom. The van der Waals surface area contributed by atoms with Gasteiger partial charge < -0.3 is 5.73 Å². The maximum absolute atomic E-state index is 12.1. The lowest BCUT2D eigenvalue weighted by Crippen LogP contribution is -2.35. The molecule has 1 aromatic rings. The van der Waals surface area contributed by atoms with Crippen molar-refractivity contribution >= 4 is 10.0 Å². The summed E-state index contributed by atoms with van der Waals surface area (Å²) in [6.45, 7) is 6.81. The van der Waals surface area contributed by atoms with Crippen LogP contribution < -0.4 is 10.5 Å². The largest absolute Gasteiger partial charge is 0.330 e. The van der Waals surface area contributed by atoms with Gasteiger partial charge in [0.25, 0.3) is 0 Å². The highest BCUT2D eigenvalue weighted by molar-refractivity contribution is 7.89. The summed E-state index contributed by atoms with van der Waals surface area (Å²) in [4.78, 5) is 0.311. The van der Waals surface area contributed by atoms with Crippen LogP contribution in [0, 0.1) is 12.3 Å². The first-order valence-corrected chi connectivity index (χ1v) is 7.52. The molecular weight excluding hydrogens is 248 g/mol. The fourth-order valence-electron chi connectivity index (χ4n) is 1.64. The van der Waals surface area contributed by atoms with Crippen molar-refractivity contribution in [3.8, 4) is 0 Å². The van der Waals surface area contributed by atoms with E-state index in [1.54, 1.807) is 18.2 Å². The third kappa shape index (κ3) is 4.40. The molecule has 3 N–H and O–H groups in total. The lowest BCUT2D eigenvalue weighted by atomic mass is 9.90. The number of nitrogens with two attached hydrogens (primary N) is 1. The monoisotopic (exact) mass is 270 g/mol. The quantitative estimate of drug-likeness (QED) is 0.825. The summed E-state index contributed by atoms with van der Waals surface area (Å²) in [5, 5.41) is 0. The average Bonchev–Trinajstić information content (AvgIpc) is 2.27. The first kappa shape index (κ1) is 15.1. The van der Waals surface area contributed by atoms with Crippen LogP contribution in [0.2, 0.25) is 0 Å². The highest BCUT2D eigenvalue weighted by atomic mass is 32.2. The molecule has 1 rings (SSSR count). The Morgan fingerprint density at radius 2 is 2.00 bits per heavy atom. The Balaban J connectivity index is 2.78. The zero-order chi connectivity index (χ0) is 13.8. The number of hydrogen-bond acceptors (Lipinski definition) is 3. The van der Waals surface area contributed by atoms with E-state index in [4.69, 9.17) is 5.73 Å². The summed E-state index contributed by atoms with van der Waals surface area (Å²) >= 11 is 0. The van der Waals surface area contributed by atoms with E-state index < -0.39 is 10.0 Å². The minimum absolute atomic E-state index is 0.133. The molecule has 102 valence electrons. The lowest BCUT2D eigenvalue weighted by Gasteiger charge is -2.24. The normalized spacial score (nSPS) is 12.7. The van der Waals surface area contributed by atoms with E-state index in [1.165, 1.54) is 0 Å². The summed E-state index contributed by atoms with van der Waals surface area (Å²) in [5.74, 6) is 0. The molecule has 0 radical (unpaired) electrons. The van der Waals surface area contributed by atoms with Crippen LogP contribution in [-0.2, 0) is 10.0 Å². The molecule has 0 aliphatic rings. The highest BCUT2D eigenvalue weighted by Crippen LogP contribution is 2.19. The van der Waals surface area contributed by atoms with Gasteiger partial charge in [-0.3, -0.25) is 0 Å². The second kappa shape index (κ2) is 5.82. The van der Waals surface area contributed by atoms with Gasteiger partial charge >= 0.3 is 0 Å². The van der Waals surface area contributed by atoms with Crippen LogP contribution in [-0.4, -0.2) is 21.5 Å². The van der Waals surface area contributed by atoms with Crippen LogP contribution in [0.4, 0.5) is 0 Å². The van der Waals surface area contributed by atoms with Crippen molar-refractivity contribution in [1.29, 1.82) is 0 Å². The van der Waals surface area contributed by atoms with E-state index in [2.05, 4.69) is 4.72 Å². The number of benzene rings is 1. The fourth-order valence-corrected chi connectivity index (χ4v) is 2.98. The van der Waals surface area contributed by atoms with Gasteiger partial charge in [-0.1, -0.05) is 26.0 Å². The molecule has 0 aliphatic heterocycles. The van der Waals surface area contributed by atoms with Gasteiger partial charge in [-0.25, -0.2) is 13.1 Å². The summed E-state index contributed by atoms with van der Waals surface area (Å²) in [6, 6.07) is 6.88. The maximum atomic E-state index is 12.1. The predicted molar refractivity (Wildman–Crippen MR) is 73.8 cm³/mol. The van der Waals surface area contributed by atoms with E-state index >= 15 is 0 Å². The Bertz CT molecular complexity index is 495. The Hall–Kier alpha value is -0.910. The zero-order valence-electron chi connectivity index (χ0n) is 11.2. The molecule has 0 aliphatic carbocycles. The van der Waals surface area contributed by atoms with E-state index in [-0.39, 0.29) is 5.41 Å². The predicted octanol–water partition coefficient (Wildman–Crippen LogP) is 1.65. The molecule has 0 heterocycles. The highest BCUT2D eigenvalue weighted by Gasteiger charge is 2.21. The molecular formula is C13H22N2O2S. The molecule has 4 nitrogen and oxygen atoms in total. The van der Waals surface area contributed by atoms with E-state index in [9.17, 15) is 8.42 Å². The first-order chi connectivity index (χ1) is 8.27. The van der Waals surface area contributed by atoms with Crippen molar-refractivity contribution < 1.29 is 8.42 Å². The summed E-state index contributed by atoms with van der Waals surface area (Å²) < 4.78 is 26.8. The number of nitrogens with one attached hydrogen (secondary N) is 1. The van der Waals surface area contributed by atoms with Crippen molar-refractivity contribution in [2.24, 2.45) is 11.1 Å². The van der Waals surface area contributed by atoms with Crippen molar-refractivity contribution in [2.75, 3.05) is 13.1 Å². The molecule has 18 heavy (non-hydrogen) atoms. The standard InChI is InChI=1S/C13H22N2O2S/c1-11-5-4-6-12(9-11)18(16,17)15-10-13(2,3)7-8-14/h4-6,9,15H,7-8,10,14H2,1-3H3. The SMILES string of the molecule is Cc1cccc(S(=O)(=O)NCC(C)(C)CCN)c1. The van der Waals surface area contributed by atoms with Gasteiger partial charge in [-0.05, 0) is 43.0 Å². The van der Waals surface area contributed by atoms with Gasteiger partial charge in [-0.2, -0.15) is 0 Å². The lowest BCUT2D eigenvalue weighted by molar-refractivity contribution is 0.340. The smallest absolute Gasteiger partial charge is 0.240 e. The van der Waals surface area contributed by atoms with E-state index in [0.29, 0.717) is 18.0 Å². The van der Waals surface area contributed by atoms with Crippen molar-refractivity contribution in [2.45, 2.75) is 32.1 Å². The van der Waals surface area contributed by atoms with Gasteiger partial charge in [0.2, 0.25) is 10.0 Å². The van der Waals surface area contributed by atoms with Gasteiger partial charge in [-0.15, -0.1) is 0 Å². The average molecular weight is 270 g/mol. The second-order valence-electron chi connectivity index (χ2n) is 5.34. The van der Waals surface area contributed by atoms with E-state index in [0.717, 1.165) is 12.0 Å². The Kier molecular flexibility index (Phi) is 4.90. The number of rotatable bonds is 6. The molecule has 0 atom stereocenters. The molecule has 1 aromatic carbocycles. The first-order valence-electron chi connectivity index (χ1n) is 6.03. The van der Waals surface area contributed by atoms with Gasteiger partial charge in [0.15, 0.2) is 0 Å². The van der Waals surface area contributed by atoms with Crippen LogP contribution in [0.15, 0.2) is 29.2 Å². The summed E-state index contributed by atoms with van der Waals surface area (Å²) in [6.07, 6.45) is 0.781. The van der Waals surface area contributed by atoms with Crippen LogP contribution >= 0.6 is 0 Å². The third-order valence-corrected chi connectivity index (χ3v) is 4.26. The Labute approximate surface area is 110 Å². The minimum atomic E-state index is -3.43. The van der Waals surface area contributed by atoms with Crippen LogP contribution in [0.5, 0.6) is 0 Å². The van der Waals surface area contributed by atoms with Gasteiger partial charge in [0.05, 0.1) is 4.90 Å². The number of aryl methyl sites for hydroxylation is 1. The van der Waals surface area contributed by atoms with E-state index in [1.807, 2.05) is 26.8 Å².